The highest BCUT2D eigenvalue weighted by molar-refractivity contribution is 7.99. The molecule has 0 unspecified atom stereocenters. The minimum atomic E-state index is -0.931. The van der Waals surface area contributed by atoms with Gasteiger partial charge in [-0.25, -0.2) is 4.39 Å². The predicted octanol–water partition coefficient (Wildman–Crippen LogP) is 2.45. The van der Waals surface area contributed by atoms with Gasteiger partial charge in [0, 0.05) is 12.6 Å². The summed E-state index contributed by atoms with van der Waals surface area (Å²) in [6.07, 6.45) is 0. The molecule has 5 nitrogen and oxygen atoms in total. The fourth-order valence-electron chi connectivity index (χ4n) is 1.45. The van der Waals surface area contributed by atoms with Gasteiger partial charge < -0.3 is 9.67 Å². The molecule has 2 rings (SSSR count). The summed E-state index contributed by atoms with van der Waals surface area (Å²) in [5, 5.41) is 16.9. The van der Waals surface area contributed by atoms with Crippen LogP contribution in [0.25, 0.3) is 11.4 Å². The smallest absolute Gasteiger partial charge is 0.313 e. The molecule has 0 aliphatic heterocycles. The van der Waals surface area contributed by atoms with Crippen molar-refractivity contribution in [1.82, 2.24) is 14.8 Å². The number of aromatic nitrogens is 3. The van der Waals surface area contributed by atoms with Gasteiger partial charge in [-0.1, -0.05) is 23.4 Å². The van der Waals surface area contributed by atoms with Gasteiger partial charge in [0.15, 0.2) is 11.0 Å². The SMILES string of the molecule is Cn1c(SCC(=O)O)nnc1-c1ccc(F)c(Cl)c1. The van der Waals surface area contributed by atoms with E-state index in [9.17, 15) is 9.18 Å². The van der Waals surface area contributed by atoms with Crippen molar-refractivity contribution in [3.8, 4) is 11.4 Å². The Kier molecular flexibility index (Phi) is 4.06. The van der Waals surface area contributed by atoms with E-state index in [4.69, 9.17) is 16.7 Å². The summed E-state index contributed by atoms with van der Waals surface area (Å²) >= 11 is 6.77. The van der Waals surface area contributed by atoms with Crippen molar-refractivity contribution in [2.45, 2.75) is 5.16 Å². The summed E-state index contributed by atoms with van der Waals surface area (Å²) in [6.45, 7) is 0. The number of thioether (sulfide) groups is 1. The van der Waals surface area contributed by atoms with Crippen molar-refractivity contribution in [2.24, 2.45) is 7.05 Å². The van der Waals surface area contributed by atoms with Crippen molar-refractivity contribution in [3.63, 3.8) is 0 Å². The van der Waals surface area contributed by atoms with Crippen LogP contribution in [0.5, 0.6) is 0 Å². The highest BCUT2D eigenvalue weighted by Crippen LogP contribution is 2.26. The third-order valence-electron chi connectivity index (χ3n) is 2.34. The number of nitrogens with zero attached hydrogens (tertiary/aromatic N) is 3. The maximum atomic E-state index is 13.1. The van der Waals surface area contributed by atoms with Crippen LogP contribution in [0.2, 0.25) is 5.02 Å². The Bertz CT molecular complexity index is 632. The molecular weight excluding hydrogens is 293 g/mol. The molecule has 0 radical (unpaired) electrons. The van der Waals surface area contributed by atoms with Crippen LogP contribution in [-0.4, -0.2) is 31.6 Å². The number of hydrogen-bond donors (Lipinski definition) is 1. The standard InChI is InChI=1S/C11H9ClFN3O2S/c1-16-10(6-2-3-8(13)7(12)4-6)14-15-11(16)19-5-9(17)18/h2-4H,5H2,1H3,(H,17,18). The molecule has 0 fully saturated rings. The van der Waals surface area contributed by atoms with Crippen LogP contribution in [0.1, 0.15) is 0 Å². The number of carboxylic acid groups (broad SMARTS) is 1. The Morgan fingerprint density at radius 2 is 2.26 bits per heavy atom. The third-order valence-corrected chi connectivity index (χ3v) is 3.63. The van der Waals surface area contributed by atoms with Crippen molar-refractivity contribution in [1.29, 1.82) is 0 Å². The number of carbonyl (C=O) groups is 1. The monoisotopic (exact) mass is 301 g/mol. The van der Waals surface area contributed by atoms with E-state index in [1.165, 1.54) is 18.2 Å². The van der Waals surface area contributed by atoms with E-state index in [2.05, 4.69) is 10.2 Å². The second-order valence-electron chi connectivity index (χ2n) is 3.68. The molecule has 1 N–H and O–H groups in total. The lowest BCUT2D eigenvalue weighted by atomic mass is 10.2. The lowest BCUT2D eigenvalue weighted by Crippen LogP contribution is -2.01. The van der Waals surface area contributed by atoms with Crippen molar-refractivity contribution < 1.29 is 14.3 Å². The van der Waals surface area contributed by atoms with Gasteiger partial charge in [-0.3, -0.25) is 4.79 Å². The van der Waals surface area contributed by atoms with Crippen LogP contribution in [0, 0.1) is 5.82 Å². The van der Waals surface area contributed by atoms with Gasteiger partial charge in [0.2, 0.25) is 0 Å². The molecule has 2 aromatic rings. The molecule has 8 heteroatoms. The number of rotatable bonds is 4. The first-order valence-electron chi connectivity index (χ1n) is 5.18. The third kappa shape index (κ3) is 3.05. The molecule has 0 amide bonds. The zero-order valence-corrected chi connectivity index (χ0v) is 11.4. The van der Waals surface area contributed by atoms with Gasteiger partial charge in [-0.2, -0.15) is 0 Å². The van der Waals surface area contributed by atoms with E-state index in [1.54, 1.807) is 11.6 Å². The summed E-state index contributed by atoms with van der Waals surface area (Å²) in [6, 6.07) is 4.24. The Morgan fingerprint density at radius 1 is 1.53 bits per heavy atom. The van der Waals surface area contributed by atoms with E-state index in [0.29, 0.717) is 16.5 Å². The minimum absolute atomic E-state index is 0.000221. The summed E-state index contributed by atoms with van der Waals surface area (Å²) in [7, 11) is 1.71. The lowest BCUT2D eigenvalue weighted by Gasteiger charge is -2.03. The molecular formula is C11H9ClFN3O2S. The molecule has 100 valence electrons. The normalized spacial score (nSPS) is 10.7. The van der Waals surface area contributed by atoms with Crippen molar-refractivity contribution >= 4 is 29.3 Å². The van der Waals surface area contributed by atoms with E-state index in [0.717, 1.165) is 11.8 Å². The summed E-state index contributed by atoms with van der Waals surface area (Å²) < 4.78 is 14.7. The first kappa shape index (κ1) is 13.8. The molecule has 0 aliphatic carbocycles. The van der Waals surface area contributed by atoms with Gasteiger partial charge in [-0.05, 0) is 18.2 Å². The number of halogens is 2. The molecule has 0 atom stereocenters. The van der Waals surface area contributed by atoms with Crippen molar-refractivity contribution in [3.05, 3.63) is 29.0 Å². The Morgan fingerprint density at radius 3 is 2.89 bits per heavy atom. The summed E-state index contributed by atoms with van der Waals surface area (Å²) in [5.41, 5.74) is 0.614. The molecule has 1 aromatic heterocycles. The zero-order valence-electron chi connectivity index (χ0n) is 9.80. The Hall–Kier alpha value is -1.60. The van der Waals surface area contributed by atoms with Gasteiger partial charge >= 0.3 is 5.97 Å². The lowest BCUT2D eigenvalue weighted by molar-refractivity contribution is -0.133. The highest BCUT2D eigenvalue weighted by atomic mass is 35.5. The highest BCUT2D eigenvalue weighted by Gasteiger charge is 2.13. The molecule has 1 heterocycles. The van der Waals surface area contributed by atoms with Crippen LogP contribution in [-0.2, 0) is 11.8 Å². The fourth-order valence-corrected chi connectivity index (χ4v) is 2.27. The quantitative estimate of drug-likeness (QED) is 0.879. The van der Waals surface area contributed by atoms with Crippen LogP contribution in [0.3, 0.4) is 0 Å². The molecule has 1 aromatic carbocycles. The number of benzene rings is 1. The molecule has 0 saturated carbocycles. The maximum Gasteiger partial charge on any atom is 0.313 e. The Balaban J connectivity index is 2.30. The molecule has 0 spiro atoms. The van der Waals surface area contributed by atoms with Crippen LogP contribution >= 0.6 is 23.4 Å². The van der Waals surface area contributed by atoms with Gasteiger partial charge in [0.1, 0.15) is 5.82 Å². The average molecular weight is 302 g/mol. The van der Waals surface area contributed by atoms with Gasteiger partial charge in [0.25, 0.3) is 0 Å². The summed E-state index contributed by atoms with van der Waals surface area (Å²) in [5.74, 6) is -1.04. The zero-order chi connectivity index (χ0) is 14.0. The number of carboxylic acids is 1. The summed E-state index contributed by atoms with van der Waals surface area (Å²) in [4.78, 5) is 10.5. The second kappa shape index (κ2) is 5.58. The molecule has 19 heavy (non-hydrogen) atoms. The van der Waals surface area contributed by atoms with Gasteiger partial charge in [-0.15, -0.1) is 10.2 Å². The predicted molar refractivity (Wildman–Crippen MR) is 69.8 cm³/mol. The van der Waals surface area contributed by atoms with Crippen LogP contribution < -0.4 is 0 Å². The first-order chi connectivity index (χ1) is 8.99. The van der Waals surface area contributed by atoms with Crippen LogP contribution in [0.15, 0.2) is 23.4 Å². The fraction of sp³-hybridized carbons (Fsp3) is 0.182. The van der Waals surface area contributed by atoms with Gasteiger partial charge in [0.05, 0.1) is 10.8 Å². The molecule has 0 aliphatic rings. The van der Waals surface area contributed by atoms with E-state index >= 15 is 0 Å². The van der Waals surface area contributed by atoms with E-state index in [-0.39, 0.29) is 10.8 Å². The van der Waals surface area contributed by atoms with E-state index < -0.39 is 11.8 Å². The van der Waals surface area contributed by atoms with Crippen LogP contribution in [0.4, 0.5) is 4.39 Å². The Labute approximate surface area is 117 Å². The van der Waals surface area contributed by atoms with Crippen molar-refractivity contribution in [2.75, 3.05) is 5.75 Å². The number of aliphatic carboxylic acids is 1. The maximum absolute atomic E-state index is 13.1. The molecule has 0 saturated heterocycles. The second-order valence-corrected chi connectivity index (χ2v) is 5.03. The molecule has 0 bridgehead atoms. The largest absolute Gasteiger partial charge is 0.481 e. The average Bonchev–Trinajstić information content (AvgIpc) is 2.72. The number of hydrogen-bond acceptors (Lipinski definition) is 4. The van der Waals surface area contributed by atoms with E-state index in [1.807, 2.05) is 0 Å². The minimum Gasteiger partial charge on any atom is -0.481 e. The topological polar surface area (TPSA) is 68.0 Å². The first-order valence-corrected chi connectivity index (χ1v) is 6.55.